The van der Waals surface area contributed by atoms with Crippen molar-refractivity contribution in [2.75, 3.05) is 5.32 Å². The summed E-state index contributed by atoms with van der Waals surface area (Å²) in [5.74, 6) is -0.720. The zero-order chi connectivity index (χ0) is 19.1. The number of nitrogens with zero attached hydrogens (tertiary/aromatic N) is 2. The lowest BCUT2D eigenvalue weighted by atomic mass is 10.1. The Morgan fingerprint density at radius 1 is 1.31 bits per heavy atom. The standard InChI is InChI=1S/C18H15ClN4O3/c1-12(13-5-3-2-4-6-13)21-11-14(10-20)18(24)22-17-9-15(23(25)26)7-8-16(17)19/h2-9,11-12,21H,1H3,(H,22,24)/b14-11-. The quantitative estimate of drug-likeness (QED) is 0.346. The van der Waals surface area contributed by atoms with Crippen LogP contribution in [0.2, 0.25) is 5.02 Å². The van der Waals surface area contributed by atoms with Crippen LogP contribution in [-0.4, -0.2) is 10.8 Å². The molecule has 0 aliphatic carbocycles. The van der Waals surface area contributed by atoms with Crippen molar-refractivity contribution in [2.24, 2.45) is 0 Å². The van der Waals surface area contributed by atoms with E-state index in [9.17, 15) is 20.2 Å². The highest BCUT2D eigenvalue weighted by Crippen LogP contribution is 2.27. The summed E-state index contributed by atoms with van der Waals surface area (Å²) >= 11 is 5.95. The third-order valence-corrected chi connectivity index (χ3v) is 3.88. The van der Waals surface area contributed by atoms with E-state index in [1.807, 2.05) is 37.3 Å². The van der Waals surface area contributed by atoms with Gasteiger partial charge in [-0.3, -0.25) is 14.9 Å². The number of non-ortho nitro benzene ring substituents is 1. The van der Waals surface area contributed by atoms with Crippen LogP contribution >= 0.6 is 11.6 Å². The molecule has 0 radical (unpaired) electrons. The number of hydrogen-bond acceptors (Lipinski definition) is 5. The second kappa shape index (κ2) is 8.65. The lowest BCUT2D eigenvalue weighted by Gasteiger charge is -2.12. The lowest BCUT2D eigenvalue weighted by molar-refractivity contribution is -0.384. The molecule has 0 saturated heterocycles. The monoisotopic (exact) mass is 370 g/mol. The summed E-state index contributed by atoms with van der Waals surface area (Å²) in [5, 5.41) is 25.6. The SMILES string of the molecule is CC(N/C=C(/C#N)C(=O)Nc1cc([N+](=O)[O-])ccc1Cl)c1ccccc1. The Morgan fingerprint density at radius 2 is 2.00 bits per heavy atom. The number of halogens is 1. The number of carbonyl (C=O) groups is 1. The van der Waals surface area contributed by atoms with Crippen molar-refractivity contribution >= 4 is 28.9 Å². The van der Waals surface area contributed by atoms with E-state index in [0.29, 0.717) is 0 Å². The van der Waals surface area contributed by atoms with E-state index < -0.39 is 10.8 Å². The molecule has 26 heavy (non-hydrogen) atoms. The molecule has 1 atom stereocenters. The highest BCUT2D eigenvalue weighted by molar-refractivity contribution is 6.34. The first-order valence-corrected chi connectivity index (χ1v) is 7.96. The van der Waals surface area contributed by atoms with E-state index in [2.05, 4.69) is 10.6 Å². The molecule has 0 fully saturated rings. The van der Waals surface area contributed by atoms with Crippen LogP contribution in [0.4, 0.5) is 11.4 Å². The predicted molar refractivity (Wildman–Crippen MR) is 98.4 cm³/mol. The van der Waals surface area contributed by atoms with Crippen LogP contribution in [0, 0.1) is 21.4 Å². The number of nitriles is 1. The molecule has 0 saturated carbocycles. The first kappa shape index (κ1) is 19.0. The van der Waals surface area contributed by atoms with Gasteiger partial charge in [0.1, 0.15) is 11.6 Å². The fourth-order valence-corrected chi connectivity index (χ4v) is 2.27. The van der Waals surface area contributed by atoms with Gasteiger partial charge in [0.15, 0.2) is 0 Å². The Bertz CT molecular complexity index is 891. The normalized spacial score (nSPS) is 12.0. The van der Waals surface area contributed by atoms with E-state index in [0.717, 1.165) is 11.6 Å². The van der Waals surface area contributed by atoms with Crippen molar-refractivity contribution in [2.45, 2.75) is 13.0 Å². The van der Waals surface area contributed by atoms with Crippen LogP contribution in [0.1, 0.15) is 18.5 Å². The molecule has 0 bridgehead atoms. The summed E-state index contributed by atoms with van der Waals surface area (Å²) in [6, 6.07) is 14.8. The number of nitro groups is 1. The number of carbonyl (C=O) groups excluding carboxylic acids is 1. The lowest BCUT2D eigenvalue weighted by Crippen LogP contribution is -2.18. The van der Waals surface area contributed by atoms with Crippen LogP contribution in [0.5, 0.6) is 0 Å². The van der Waals surface area contributed by atoms with Crippen LogP contribution in [0.3, 0.4) is 0 Å². The minimum atomic E-state index is -0.720. The van der Waals surface area contributed by atoms with Gasteiger partial charge >= 0.3 is 0 Å². The van der Waals surface area contributed by atoms with Gasteiger partial charge in [-0.25, -0.2) is 0 Å². The maximum atomic E-state index is 12.3. The van der Waals surface area contributed by atoms with Crippen molar-refractivity contribution in [1.82, 2.24) is 5.32 Å². The smallest absolute Gasteiger partial charge is 0.271 e. The minimum Gasteiger partial charge on any atom is -0.383 e. The first-order chi connectivity index (χ1) is 12.4. The van der Waals surface area contributed by atoms with Crippen molar-refractivity contribution in [1.29, 1.82) is 5.26 Å². The van der Waals surface area contributed by atoms with Gasteiger partial charge in [0.2, 0.25) is 0 Å². The number of rotatable bonds is 6. The molecule has 0 aliphatic heterocycles. The molecule has 1 amide bonds. The first-order valence-electron chi connectivity index (χ1n) is 7.59. The van der Waals surface area contributed by atoms with Crippen molar-refractivity contribution in [3.63, 3.8) is 0 Å². The molecule has 0 spiro atoms. The molecule has 0 heterocycles. The molecule has 2 rings (SSSR count). The largest absolute Gasteiger partial charge is 0.383 e. The third kappa shape index (κ3) is 4.82. The van der Waals surface area contributed by atoms with E-state index in [-0.39, 0.29) is 28.0 Å². The summed E-state index contributed by atoms with van der Waals surface area (Å²) in [7, 11) is 0. The van der Waals surface area contributed by atoms with Gasteiger partial charge in [-0.15, -0.1) is 0 Å². The van der Waals surface area contributed by atoms with Gasteiger partial charge in [-0.1, -0.05) is 41.9 Å². The van der Waals surface area contributed by atoms with Gasteiger partial charge in [-0.05, 0) is 18.6 Å². The molecule has 0 aromatic heterocycles. The Morgan fingerprint density at radius 3 is 2.62 bits per heavy atom. The predicted octanol–water partition coefficient (Wildman–Crippen LogP) is 3.94. The highest BCUT2D eigenvalue weighted by Gasteiger charge is 2.15. The molecule has 7 nitrogen and oxygen atoms in total. The topological polar surface area (TPSA) is 108 Å². The molecular formula is C18H15ClN4O3. The molecule has 0 aliphatic rings. The zero-order valence-electron chi connectivity index (χ0n) is 13.8. The maximum absolute atomic E-state index is 12.3. The molecule has 2 N–H and O–H groups in total. The second-order valence-corrected chi connectivity index (χ2v) is 5.75. The van der Waals surface area contributed by atoms with Crippen LogP contribution in [0.25, 0.3) is 0 Å². The van der Waals surface area contributed by atoms with Gasteiger partial charge < -0.3 is 10.6 Å². The van der Waals surface area contributed by atoms with Gasteiger partial charge in [0.25, 0.3) is 11.6 Å². The zero-order valence-corrected chi connectivity index (χ0v) is 14.5. The Balaban J connectivity index is 2.13. The fraction of sp³-hybridized carbons (Fsp3) is 0.111. The van der Waals surface area contributed by atoms with Gasteiger partial charge in [0, 0.05) is 24.4 Å². The summed E-state index contributed by atoms with van der Waals surface area (Å²) in [4.78, 5) is 22.5. The minimum absolute atomic E-state index is 0.0584. The van der Waals surface area contributed by atoms with E-state index in [1.165, 1.54) is 18.3 Å². The molecule has 1 unspecified atom stereocenters. The fourth-order valence-electron chi connectivity index (χ4n) is 2.11. The maximum Gasteiger partial charge on any atom is 0.271 e. The molecule has 2 aromatic rings. The number of hydrogen-bond donors (Lipinski definition) is 2. The molecule has 132 valence electrons. The number of amides is 1. The van der Waals surface area contributed by atoms with Crippen LogP contribution in [0.15, 0.2) is 60.3 Å². The third-order valence-electron chi connectivity index (χ3n) is 3.55. The van der Waals surface area contributed by atoms with E-state index in [1.54, 1.807) is 6.07 Å². The Labute approximate surface area is 155 Å². The summed E-state index contributed by atoms with van der Waals surface area (Å²) in [6.45, 7) is 1.89. The average molecular weight is 371 g/mol. The Hall–Kier alpha value is -3.37. The Kier molecular flexibility index (Phi) is 6.31. The number of nitro benzene ring substituents is 1. The molecular weight excluding hydrogens is 356 g/mol. The summed E-state index contributed by atoms with van der Waals surface area (Å²) in [5.41, 5.74) is 0.643. The van der Waals surface area contributed by atoms with Crippen LogP contribution < -0.4 is 10.6 Å². The highest BCUT2D eigenvalue weighted by atomic mass is 35.5. The van der Waals surface area contributed by atoms with Gasteiger partial charge in [0.05, 0.1) is 15.6 Å². The van der Waals surface area contributed by atoms with E-state index >= 15 is 0 Å². The van der Waals surface area contributed by atoms with Gasteiger partial charge in [-0.2, -0.15) is 5.26 Å². The van der Waals surface area contributed by atoms with Crippen molar-refractivity contribution < 1.29 is 9.72 Å². The van der Waals surface area contributed by atoms with Crippen molar-refractivity contribution in [3.05, 3.63) is 81.0 Å². The summed E-state index contributed by atoms with van der Waals surface area (Å²) in [6.07, 6.45) is 1.30. The molecule has 2 aromatic carbocycles. The summed E-state index contributed by atoms with van der Waals surface area (Å²) < 4.78 is 0. The average Bonchev–Trinajstić information content (AvgIpc) is 2.64. The van der Waals surface area contributed by atoms with Crippen molar-refractivity contribution in [3.8, 4) is 6.07 Å². The van der Waals surface area contributed by atoms with Crippen LogP contribution in [-0.2, 0) is 4.79 Å². The number of anilines is 1. The molecule has 8 heteroatoms. The number of benzene rings is 2. The second-order valence-electron chi connectivity index (χ2n) is 5.34. The van der Waals surface area contributed by atoms with E-state index in [4.69, 9.17) is 11.6 Å². The number of nitrogens with one attached hydrogen (secondary N) is 2.